The van der Waals surface area contributed by atoms with E-state index in [1.807, 2.05) is 0 Å². The zero-order chi connectivity index (χ0) is 11.4. The first-order chi connectivity index (χ1) is 7.06. The molecule has 0 saturated carbocycles. The van der Waals surface area contributed by atoms with E-state index in [1.54, 1.807) is 0 Å². The molecular formula is C8H8F2N2O3. The number of nitro groups is 1. The van der Waals surface area contributed by atoms with Crippen LogP contribution >= 0.6 is 0 Å². The first kappa shape index (κ1) is 11.3. The van der Waals surface area contributed by atoms with Gasteiger partial charge in [-0.2, -0.15) is 0 Å². The van der Waals surface area contributed by atoms with Crippen LogP contribution in [0.4, 0.5) is 14.5 Å². The quantitative estimate of drug-likeness (QED) is 0.608. The maximum Gasteiger partial charge on any atom is 0.275 e. The lowest BCUT2D eigenvalue weighted by atomic mass is 10.3. The monoisotopic (exact) mass is 218 g/mol. The van der Waals surface area contributed by atoms with E-state index in [2.05, 4.69) is 4.74 Å². The summed E-state index contributed by atoms with van der Waals surface area (Å²) in [5.74, 6) is -2.88. The van der Waals surface area contributed by atoms with Gasteiger partial charge in [0.05, 0.1) is 17.1 Å². The van der Waals surface area contributed by atoms with E-state index in [1.165, 1.54) is 0 Å². The lowest BCUT2D eigenvalue weighted by molar-refractivity contribution is -0.385. The van der Waals surface area contributed by atoms with Crippen LogP contribution in [0.1, 0.15) is 0 Å². The zero-order valence-corrected chi connectivity index (χ0v) is 7.57. The van der Waals surface area contributed by atoms with Gasteiger partial charge in [0.25, 0.3) is 5.69 Å². The molecule has 0 saturated heterocycles. The molecule has 1 rings (SSSR count). The molecule has 7 heteroatoms. The van der Waals surface area contributed by atoms with Gasteiger partial charge in [0.2, 0.25) is 0 Å². The van der Waals surface area contributed by atoms with E-state index in [0.717, 1.165) is 0 Å². The molecule has 0 aliphatic carbocycles. The summed E-state index contributed by atoms with van der Waals surface area (Å²) in [7, 11) is 0. The summed E-state index contributed by atoms with van der Waals surface area (Å²) < 4.78 is 30.8. The molecule has 5 nitrogen and oxygen atoms in total. The molecule has 0 unspecified atom stereocenters. The smallest absolute Gasteiger partial charge is 0.275 e. The second-order valence-corrected chi connectivity index (χ2v) is 2.63. The molecule has 1 aromatic rings. The Bertz CT molecular complexity index is 361. The first-order valence-corrected chi connectivity index (χ1v) is 4.02. The molecule has 1 aromatic carbocycles. The Labute approximate surface area is 83.6 Å². The second kappa shape index (κ2) is 4.65. The molecule has 82 valence electrons. The SMILES string of the molecule is NCCOc1c(F)cc([N+](=O)[O-])cc1F. The van der Waals surface area contributed by atoms with E-state index < -0.39 is 28.0 Å². The Morgan fingerprint density at radius 3 is 2.33 bits per heavy atom. The highest BCUT2D eigenvalue weighted by Crippen LogP contribution is 2.26. The Hall–Kier alpha value is -1.76. The van der Waals surface area contributed by atoms with Gasteiger partial charge < -0.3 is 10.5 Å². The van der Waals surface area contributed by atoms with Gasteiger partial charge >= 0.3 is 0 Å². The lowest BCUT2D eigenvalue weighted by Gasteiger charge is -2.06. The van der Waals surface area contributed by atoms with Gasteiger partial charge in [-0.15, -0.1) is 0 Å². The van der Waals surface area contributed by atoms with Gasteiger partial charge in [0.1, 0.15) is 6.61 Å². The number of hydrogen-bond acceptors (Lipinski definition) is 4. The fraction of sp³-hybridized carbons (Fsp3) is 0.250. The van der Waals surface area contributed by atoms with Gasteiger partial charge in [-0.1, -0.05) is 0 Å². The number of benzene rings is 1. The standard InChI is InChI=1S/C8H8F2N2O3/c9-6-3-5(12(13)14)4-7(10)8(6)15-2-1-11/h3-4H,1-2,11H2. The fourth-order valence-corrected chi connectivity index (χ4v) is 0.951. The lowest BCUT2D eigenvalue weighted by Crippen LogP contribution is -2.12. The maximum atomic E-state index is 13.1. The average Bonchev–Trinajstić information content (AvgIpc) is 2.16. The summed E-state index contributed by atoms with van der Waals surface area (Å²) in [6.45, 7) is 0.0293. The van der Waals surface area contributed by atoms with Crippen molar-refractivity contribution in [3.63, 3.8) is 0 Å². The van der Waals surface area contributed by atoms with Crippen molar-refractivity contribution >= 4 is 5.69 Å². The van der Waals surface area contributed by atoms with Crippen LogP contribution in [0.15, 0.2) is 12.1 Å². The average molecular weight is 218 g/mol. The number of ether oxygens (including phenoxy) is 1. The Morgan fingerprint density at radius 1 is 1.40 bits per heavy atom. The zero-order valence-electron chi connectivity index (χ0n) is 7.57. The number of nitro benzene ring substituents is 1. The van der Waals surface area contributed by atoms with Gasteiger partial charge in [0, 0.05) is 6.54 Å². The molecule has 0 atom stereocenters. The van der Waals surface area contributed by atoms with Crippen LogP contribution in [0.3, 0.4) is 0 Å². The van der Waals surface area contributed by atoms with E-state index in [9.17, 15) is 18.9 Å². The summed E-state index contributed by atoms with van der Waals surface area (Å²) in [6.07, 6.45) is 0. The van der Waals surface area contributed by atoms with Crippen molar-refractivity contribution in [3.05, 3.63) is 33.9 Å². The van der Waals surface area contributed by atoms with Crippen molar-refractivity contribution in [2.24, 2.45) is 5.73 Å². The molecule has 0 bridgehead atoms. The van der Waals surface area contributed by atoms with Gasteiger partial charge in [-0.3, -0.25) is 10.1 Å². The van der Waals surface area contributed by atoms with E-state index in [0.29, 0.717) is 12.1 Å². The molecule has 0 aromatic heterocycles. The normalized spacial score (nSPS) is 10.1. The van der Waals surface area contributed by atoms with Gasteiger partial charge in [-0.05, 0) is 0 Å². The van der Waals surface area contributed by atoms with Crippen LogP contribution in [-0.4, -0.2) is 18.1 Å². The Morgan fingerprint density at radius 2 is 1.93 bits per heavy atom. The van der Waals surface area contributed by atoms with Crippen molar-refractivity contribution in [1.29, 1.82) is 0 Å². The van der Waals surface area contributed by atoms with Crippen LogP contribution < -0.4 is 10.5 Å². The van der Waals surface area contributed by atoms with Gasteiger partial charge in [-0.25, -0.2) is 8.78 Å². The summed E-state index contributed by atoms with van der Waals surface area (Å²) in [6, 6.07) is 1.18. The molecule has 0 aliphatic rings. The summed E-state index contributed by atoms with van der Waals surface area (Å²) in [5.41, 5.74) is 4.41. The highest BCUT2D eigenvalue weighted by molar-refractivity contribution is 5.39. The van der Waals surface area contributed by atoms with Crippen molar-refractivity contribution < 1.29 is 18.4 Å². The molecule has 0 heterocycles. The summed E-state index contributed by atoms with van der Waals surface area (Å²) in [5, 5.41) is 10.2. The van der Waals surface area contributed by atoms with Crippen LogP contribution in [0, 0.1) is 21.7 Å². The van der Waals surface area contributed by atoms with E-state index in [-0.39, 0.29) is 13.2 Å². The minimum atomic E-state index is -1.12. The largest absolute Gasteiger partial charge is 0.486 e. The number of rotatable bonds is 4. The summed E-state index contributed by atoms with van der Waals surface area (Å²) in [4.78, 5) is 9.35. The molecule has 0 aliphatic heterocycles. The van der Waals surface area contributed by atoms with E-state index in [4.69, 9.17) is 5.73 Å². The number of non-ortho nitro benzene ring substituents is 1. The highest BCUT2D eigenvalue weighted by atomic mass is 19.1. The second-order valence-electron chi connectivity index (χ2n) is 2.63. The molecule has 2 N–H and O–H groups in total. The minimum absolute atomic E-state index is 0.0638. The number of hydrogen-bond donors (Lipinski definition) is 1. The molecule has 0 fully saturated rings. The fourth-order valence-electron chi connectivity index (χ4n) is 0.951. The Balaban J connectivity index is 3.04. The van der Waals surface area contributed by atoms with Crippen LogP contribution in [0.5, 0.6) is 5.75 Å². The third-order valence-electron chi connectivity index (χ3n) is 1.56. The first-order valence-electron chi connectivity index (χ1n) is 4.02. The predicted molar refractivity (Wildman–Crippen MR) is 47.6 cm³/mol. The van der Waals surface area contributed by atoms with Crippen molar-refractivity contribution in [2.75, 3.05) is 13.2 Å². The summed E-state index contributed by atoms with van der Waals surface area (Å²) >= 11 is 0. The highest BCUT2D eigenvalue weighted by Gasteiger charge is 2.17. The molecule has 15 heavy (non-hydrogen) atoms. The number of nitrogens with two attached hydrogens (primary N) is 1. The predicted octanol–water partition coefficient (Wildman–Crippen LogP) is 1.21. The van der Waals surface area contributed by atoms with E-state index >= 15 is 0 Å². The molecular weight excluding hydrogens is 210 g/mol. The molecule has 0 amide bonds. The number of halogens is 2. The third-order valence-corrected chi connectivity index (χ3v) is 1.56. The Kier molecular flexibility index (Phi) is 3.51. The maximum absolute atomic E-state index is 13.1. The van der Waals surface area contributed by atoms with Crippen molar-refractivity contribution in [3.8, 4) is 5.75 Å². The van der Waals surface area contributed by atoms with Crippen molar-refractivity contribution in [1.82, 2.24) is 0 Å². The van der Waals surface area contributed by atoms with Crippen LogP contribution in [0.25, 0.3) is 0 Å². The topological polar surface area (TPSA) is 78.4 Å². The number of nitrogens with zero attached hydrogens (tertiary/aromatic N) is 1. The van der Waals surface area contributed by atoms with Crippen LogP contribution in [-0.2, 0) is 0 Å². The molecule has 0 spiro atoms. The minimum Gasteiger partial charge on any atom is -0.486 e. The van der Waals surface area contributed by atoms with Gasteiger partial charge in [0.15, 0.2) is 17.4 Å². The van der Waals surface area contributed by atoms with Crippen molar-refractivity contribution in [2.45, 2.75) is 0 Å². The van der Waals surface area contributed by atoms with Crippen LogP contribution in [0.2, 0.25) is 0 Å². The third kappa shape index (κ3) is 2.59. The molecule has 0 radical (unpaired) electrons.